The van der Waals surface area contributed by atoms with Crippen LogP contribution < -0.4 is 16.4 Å². The molecule has 3 heterocycles. The molecule has 180 valence electrons. The average molecular weight is 486 g/mol. The predicted molar refractivity (Wildman–Crippen MR) is 133 cm³/mol. The fourth-order valence-electron chi connectivity index (χ4n) is 5.18. The summed E-state index contributed by atoms with van der Waals surface area (Å²) in [5, 5.41) is 7.12. The molecule has 8 nitrogen and oxygen atoms in total. The Hall–Kier alpha value is -1.35. The van der Waals surface area contributed by atoms with Gasteiger partial charge in [0.05, 0.1) is 12.4 Å². The molecule has 2 aromatic rings. The van der Waals surface area contributed by atoms with E-state index in [9.17, 15) is 0 Å². The van der Waals surface area contributed by atoms with E-state index in [1.54, 1.807) is 0 Å². The number of nitrogens with zero attached hydrogens (tertiary/aromatic N) is 4. The first-order valence-electron chi connectivity index (χ1n) is 11.9. The minimum Gasteiger partial charge on any atom is -0.376 e. The van der Waals surface area contributed by atoms with Gasteiger partial charge in [0.25, 0.3) is 0 Å². The van der Waals surface area contributed by atoms with Gasteiger partial charge in [-0.2, -0.15) is 9.97 Å². The molecule has 0 spiro atoms. The number of hydrogen-bond donors (Lipinski definition) is 3. The Kier molecular flexibility index (Phi) is 9.22. The normalized spacial score (nSPS) is 26.3. The van der Waals surface area contributed by atoms with Gasteiger partial charge in [-0.25, -0.2) is 4.98 Å². The topological polar surface area (TPSA) is 103 Å². The molecule has 1 unspecified atom stereocenters. The number of anilines is 2. The Morgan fingerprint density at radius 3 is 2.44 bits per heavy atom. The number of nitrogens with two attached hydrogens (primary N) is 1. The van der Waals surface area contributed by atoms with Crippen molar-refractivity contribution in [3.05, 3.63) is 6.33 Å². The molecule has 3 aliphatic rings. The molecule has 0 radical (unpaired) electrons. The predicted octanol–water partition coefficient (Wildman–Crippen LogP) is 4.45. The van der Waals surface area contributed by atoms with Crippen LogP contribution in [0, 0.1) is 0 Å². The van der Waals surface area contributed by atoms with E-state index < -0.39 is 0 Å². The minimum absolute atomic E-state index is 0. The largest absolute Gasteiger partial charge is 0.376 e. The molecule has 0 aromatic carbocycles. The van der Waals surface area contributed by atoms with Crippen molar-refractivity contribution >= 4 is 47.7 Å². The summed E-state index contributed by atoms with van der Waals surface area (Å²) in [6.07, 6.45) is 15.0. The average Bonchev–Trinajstić information content (AvgIpc) is 3.44. The van der Waals surface area contributed by atoms with Crippen LogP contribution in [0.25, 0.3) is 11.2 Å². The zero-order valence-electron chi connectivity index (χ0n) is 18.7. The van der Waals surface area contributed by atoms with E-state index in [0.717, 1.165) is 62.2 Å². The first kappa shape index (κ1) is 25.3. The van der Waals surface area contributed by atoms with Crippen LogP contribution in [-0.2, 0) is 4.74 Å². The molecular formula is C22H37Cl2N7O. The molecule has 3 fully saturated rings. The van der Waals surface area contributed by atoms with Crippen molar-refractivity contribution in [3.63, 3.8) is 0 Å². The van der Waals surface area contributed by atoms with Crippen molar-refractivity contribution < 1.29 is 4.74 Å². The Balaban J connectivity index is 0.00000144. The van der Waals surface area contributed by atoms with Crippen LogP contribution >= 0.6 is 24.8 Å². The van der Waals surface area contributed by atoms with Gasteiger partial charge in [0.2, 0.25) is 5.95 Å². The van der Waals surface area contributed by atoms with Crippen LogP contribution in [0.2, 0.25) is 0 Å². The van der Waals surface area contributed by atoms with E-state index in [2.05, 4.69) is 15.2 Å². The zero-order valence-corrected chi connectivity index (χ0v) is 20.3. The number of hydrogen-bond acceptors (Lipinski definition) is 7. The first-order chi connectivity index (χ1) is 14.8. The van der Waals surface area contributed by atoms with Crippen LogP contribution in [0.15, 0.2) is 6.33 Å². The summed E-state index contributed by atoms with van der Waals surface area (Å²) in [7, 11) is 0. The third kappa shape index (κ3) is 5.76. The highest BCUT2D eigenvalue weighted by molar-refractivity contribution is 5.86. The van der Waals surface area contributed by atoms with Crippen LogP contribution in [0.1, 0.15) is 76.7 Å². The van der Waals surface area contributed by atoms with Gasteiger partial charge in [0.1, 0.15) is 0 Å². The lowest BCUT2D eigenvalue weighted by molar-refractivity contribution is 0.0247. The number of halogens is 2. The number of imidazole rings is 1. The summed E-state index contributed by atoms with van der Waals surface area (Å²) in [5.74, 6) is 1.52. The highest BCUT2D eigenvalue weighted by Crippen LogP contribution is 2.33. The highest BCUT2D eigenvalue weighted by Gasteiger charge is 2.24. The van der Waals surface area contributed by atoms with Crippen LogP contribution in [0.5, 0.6) is 0 Å². The summed E-state index contributed by atoms with van der Waals surface area (Å²) in [5.41, 5.74) is 7.90. The molecule has 1 atom stereocenters. The van der Waals surface area contributed by atoms with Crippen LogP contribution in [-0.4, -0.2) is 50.9 Å². The van der Waals surface area contributed by atoms with E-state index in [-0.39, 0.29) is 30.9 Å². The van der Waals surface area contributed by atoms with Gasteiger partial charge in [0.15, 0.2) is 17.0 Å². The zero-order chi connectivity index (χ0) is 20.3. The quantitative estimate of drug-likeness (QED) is 0.555. The molecule has 2 aliphatic carbocycles. The molecule has 5 rings (SSSR count). The van der Waals surface area contributed by atoms with Gasteiger partial charge in [-0.05, 0) is 57.8 Å². The Labute approximate surface area is 202 Å². The van der Waals surface area contributed by atoms with E-state index in [1.165, 1.54) is 38.5 Å². The third-order valence-electron chi connectivity index (χ3n) is 7.02. The van der Waals surface area contributed by atoms with Crippen LogP contribution in [0.4, 0.5) is 11.8 Å². The van der Waals surface area contributed by atoms with Gasteiger partial charge in [-0.15, -0.1) is 24.8 Å². The second-order valence-corrected chi connectivity index (χ2v) is 9.28. The fraction of sp³-hybridized carbons (Fsp3) is 0.773. The molecule has 2 aromatic heterocycles. The maximum Gasteiger partial charge on any atom is 0.227 e. The SMILES string of the molecule is Cl.Cl.NC1CCC(Nc2nc(NCC3CCCCO3)c3ncn(C4CCCC4)c3n2)CC1. The molecule has 10 heteroatoms. The van der Waals surface area contributed by atoms with Crippen molar-refractivity contribution in [1.82, 2.24) is 19.5 Å². The van der Waals surface area contributed by atoms with Gasteiger partial charge in [-0.1, -0.05) is 12.8 Å². The van der Waals surface area contributed by atoms with E-state index >= 15 is 0 Å². The summed E-state index contributed by atoms with van der Waals surface area (Å²) < 4.78 is 8.17. The Morgan fingerprint density at radius 2 is 1.72 bits per heavy atom. The van der Waals surface area contributed by atoms with Crippen molar-refractivity contribution in [2.75, 3.05) is 23.8 Å². The van der Waals surface area contributed by atoms with Crippen molar-refractivity contribution in [3.8, 4) is 0 Å². The second-order valence-electron chi connectivity index (χ2n) is 9.28. The number of nitrogens with one attached hydrogen (secondary N) is 2. The lowest BCUT2D eigenvalue weighted by Crippen LogP contribution is -2.33. The Morgan fingerprint density at radius 1 is 0.969 bits per heavy atom. The molecule has 32 heavy (non-hydrogen) atoms. The van der Waals surface area contributed by atoms with Crippen molar-refractivity contribution in [1.29, 1.82) is 0 Å². The van der Waals surface area contributed by atoms with Crippen LogP contribution in [0.3, 0.4) is 0 Å². The number of aromatic nitrogens is 4. The monoisotopic (exact) mass is 485 g/mol. The van der Waals surface area contributed by atoms with Crippen molar-refractivity contribution in [2.45, 2.75) is 94.9 Å². The number of fused-ring (bicyclic) bond motifs is 1. The lowest BCUT2D eigenvalue weighted by Gasteiger charge is -2.27. The van der Waals surface area contributed by atoms with Gasteiger partial charge < -0.3 is 25.7 Å². The van der Waals surface area contributed by atoms with Gasteiger partial charge in [0, 0.05) is 31.3 Å². The molecule has 2 saturated carbocycles. The highest BCUT2D eigenvalue weighted by atomic mass is 35.5. The van der Waals surface area contributed by atoms with E-state index in [0.29, 0.717) is 24.1 Å². The van der Waals surface area contributed by atoms with E-state index in [1.807, 2.05) is 6.33 Å². The summed E-state index contributed by atoms with van der Waals surface area (Å²) >= 11 is 0. The summed E-state index contributed by atoms with van der Waals surface area (Å²) in [6, 6.07) is 1.22. The maximum absolute atomic E-state index is 6.08. The molecule has 1 aliphatic heterocycles. The first-order valence-corrected chi connectivity index (χ1v) is 11.9. The second kappa shape index (κ2) is 11.7. The molecule has 1 saturated heterocycles. The molecule has 0 amide bonds. The number of ether oxygens (including phenoxy) is 1. The Bertz CT molecular complexity index is 844. The lowest BCUT2D eigenvalue weighted by atomic mass is 9.92. The van der Waals surface area contributed by atoms with Gasteiger partial charge in [-0.3, -0.25) is 0 Å². The third-order valence-corrected chi connectivity index (χ3v) is 7.02. The standard InChI is InChI=1S/C22H35N7O.2ClH/c23-15-8-10-16(11-9-15)26-22-27-20(24-13-18-7-3-4-12-30-18)19-21(28-22)29(14-25-19)17-5-1-2-6-17;;/h14-18H,1-13,23H2,(H2,24,26,27,28);2*1H. The summed E-state index contributed by atoms with van der Waals surface area (Å²) in [6.45, 7) is 1.62. The maximum atomic E-state index is 6.08. The molecule has 0 bridgehead atoms. The summed E-state index contributed by atoms with van der Waals surface area (Å²) in [4.78, 5) is 14.5. The molecular weight excluding hydrogens is 449 g/mol. The number of rotatable bonds is 6. The van der Waals surface area contributed by atoms with E-state index in [4.69, 9.17) is 25.4 Å². The minimum atomic E-state index is 0. The van der Waals surface area contributed by atoms with Gasteiger partial charge >= 0.3 is 0 Å². The smallest absolute Gasteiger partial charge is 0.227 e. The molecule has 4 N–H and O–H groups in total. The van der Waals surface area contributed by atoms with Crippen molar-refractivity contribution in [2.24, 2.45) is 5.73 Å². The fourth-order valence-corrected chi connectivity index (χ4v) is 5.18.